The minimum absolute atomic E-state index is 0.0473. The van der Waals surface area contributed by atoms with Crippen LogP contribution in [0.3, 0.4) is 0 Å². The van der Waals surface area contributed by atoms with E-state index in [-0.39, 0.29) is 17.5 Å². The third-order valence-electron chi connectivity index (χ3n) is 3.85. The molecule has 0 aliphatic heterocycles. The van der Waals surface area contributed by atoms with Crippen molar-refractivity contribution in [1.29, 1.82) is 0 Å². The first-order chi connectivity index (χ1) is 10.6. The molecule has 22 heavy (non-hydrogen) atoms. The van der Waals surface area contributed by atoms with Gasteiger partial charge in [0.1, 0.15) is 0 Å². The fraction of sp³-hybridized carbons (Fsp3) is 0.300. The largest absolute Gasteiger partial charge is 0.294 e. The molecule has 2 rings (SSSR count). The average Bonchev–Trinajstić information content (AvgIpc) is 2.55. The van der Waals surface area contributed by atoms with Gasteiger partial charge < -0.3 is 0 Å². The predicted octanol–water partition coefficient (Wildman–Crippen LogP) is 4.73. The van der Waals surface area contributed by atoms with E-state index < -0.39 is 0 Å². The third-order valence-corrected chi connectivity index (χ3v) is 3.85. The fourth-order valence-corrected chi connectivity index (χ4v) is 2.49. The van der Waals surface area contributed by atoms with Crippen LogP contribution in [0.15, 0.2) is 54.6 Å². The molecule has 0 heterocycles. The van der Waals surface area contributed by atoms with Crippen molar-refractivity contribution >= 4 is 11.6 Å². The summed E-state index contributed by atoms with van der Waals surface area (Å²) >= 11 is 0. The number of carbonyl (C=O) groups excluding carboxylic acids is 2. The van der Waals surface area contributed by atoms with Gasteiger partial charge in [0.2, 0.25) is 0 Å². The van der Waals surface area contributed by atoms with Crippen LogP contribution in [0.4, 0.5) is 0 Å². The summed E-state index contributed by atoms with van der Waals surface area (Å²) in [6, 6.07) is 17.0. The molecule has 114 valence electrons. The number of hydrogen-bond donors (Lipinski definition) is 0. The Morgan fingerprint density at radius 1 is 0.818 bits per heavy atom. The Kier molecular flexibility index (Phi) is 5.65. The molecule has 2 heteroatoms. The molecule has 0 N–H and O–H groups in total. The summed E-state index contributed by atoms with van der Waals surface area (Å²) in [4.78, 5) is 24.4. The number of benzene rings is 2. The molecule has 2 nitrogen and oxygen atoms in total. The van der Waals surface area contributed by atoms with Gasteiger partial charge in [0.05, 0.1) is 0 Å². The molecular weight excluding hydrogens is 272 g/mol. The second-order valence-corrected chi connectivity index (χ2v) is 5.78. The van der Waals surface area contributed by atoms with E-state index in [2.05, 4.69) is 6.92 Å². The molecule has 2 aromatic rings. The Morgan fingerprint density at radius 2 is 1.32 bits per heavy atom. The molecule has 0 aliphatic rings. The molecule has 0 bridgehead atoms. The molecule has 0 aromatic heterocycles. The third kappa shape index (κ3) is 4.39. The van der Waals surface area contributed by atoms with Gasteiger partial charge in [-0.2, -0.15) is 0 Å². The lowest BCUT2D eigenvalue weighted by molar-refractivity contribution is 0.0928. The molecule has 1 unspecified atom stereocenters. The zero-order valence-corrected chi connectivity index (χ0v) is 13.2. The van der Waals surface area contributed by atoms with Crippen molar-refractivity contribution in [3.05, 3.63) is 71.3 Å². The van der Waals surface area contributed by atoms with Crippen LogP contribution in [0.2, 0.25) is 0 Å². The molecule has 0 amide bonds. The van der Waals surface area contributed by atoms with Crippen molar-refractivity contribution in [2.45, 2.75) is 33.1 Å². The molecule has 0 aliphatic carbocycles. The highest BCUT2D eigenvalue weighted by Gasteiger charge is 2.15. The number of ketones is 2. The van der Waals surface area contributed by atoms with E-state index in [9.17, 15) is 9.59 Å². The minimum atomic E-state index is 0.0473. The summed E-state index contributed by atoms with van der Waals surface area (Å²) in [5.41, 5.74) is 2.68. The zero-order chi connectivity index (χ0) is 15.9. The van der Waals surface area contributed by atoms with E-state index in [0.717, 1.165) is 12.0 Å². The molecule has 0 saturated heterocycles. The van der Waals surface area contributed by atoms with Gasteiger partial charge in [0, 0.05) is 24.0 Å². The topological polar surface area (TPSA) is 34.1 Å². The van der Waals surface area contributed by atoms with Crippen molar-refractivity contribution in [2.24, 2.45) is 5.92 Å². The van der Waals surface area contributed by atoms with E-state index in [1.165, 1.54) is 5.56 Å². The maximum atomic E-state index is 12.3. The van der Waals surface area contributed by atoms with Gasteiger partial charge in [-0.05, 0) is 17.9 Å². The van der Waals surface area contributed by atoms with Crippen LogP contribution in [0, 0.1) is 5.92 Å². The second kappa shape index (κ2) is 7.69. The van der Waals surface area contributed by atoms with Crippen molar-refractivity contribution in [2.75, 3.05) is 0 Å². The standard InChI is InChI=1S/C20H22O2/c1-3-16-9-11-18(12-10-16)20(22)14-15(2)13-19(21)17-7-5-4-6-8-17/h4-12,15H,3,13-14H2,1-2H3. The predicted molar refractivity (Wildman–Crippen MR) is 89.3 cm³/mol. The van der Waals surface area contributed by atoms with Gasteiger partial charge in [-0.15, -0.1) is 0 Å². The number of Topliss-reactive ketones (excluding diaryl/α,β-unsaturated/α-hetero) is 2. The average molecular weight is 294 g/mol. The maximum Gasteiger partial charge on any atom is 0.163 e. The van der Waals surface area contributed by atoms with Gasteiger partial charge in [0.25, 0.3) is 0 Å². The van der Waals surface area contributed by atoms with Crippen LogP contribution in [0.25, 0.3) is 0 Å². The van der Waals surface area contributed by atoms with E-state index in [1.54, 1.807) is 0 Å². The summed E-state index contributed by atoms with van der Waals surface area (Å²) in [6.45, 7) is 4.05. The fourth-order valence-electron chi connectivity index (χ4n) is 2.49. The lowest BCUT2D eigenvalue weighted by Crippen LogP contribution is -2.11. The highest BCUT2D eigenvalue weighted by molar-refractivity contribution is 5.98. The Morgan fingerprint density at radius 3 is 1.82 bits per heavy atom. The molecular formula is C20H22O2. The summed E-state index contributed by atoms with van der Waals surface area (Å²) in [7, 11) is 0. The van der Waals surface area contributed by atoms with E-state index in [1.807, 2.05) is 61.5 Å². The van der Waals surface area contributed by atoms with Crippen LogP contribution in [0.5, 0.6) is 0 Å². The first kappa shape index (κ1) is 16.2. The quantitative estimate of drug-likeness (QED) is 0.692. The van der Waals surface area contributed by atoms with Crippen LogP contribution in [-0.4, -0.2) is 11.6 Å². The first-order valence-electron chi connectivity index (χ1n) is 7.80. The number of carbonyl (C=O) groups is 2. The maximum absolute atomic E-state index is 12.3. The van der Waals surface area contributed by atoms with Crippen LogP contribution in [-0.2, 0) is 6.42 Å². The summed E-state index contributed by atoms with van der Waals surface area (Å²) in [5, 5.41) is 0. The molecule has 0 fully saturated rings. The zero-order valence-electron chi connectivity index (χ0n) is 13.2. The highest BCUT2D eigenvalue weighted by Crippen LogP contribution is 2.16. The highest BCUT2D eigenvalue weighted by atomic mass is 16.1. The molecule has 0 radical (unpaired) electrons. The lowest BCUT2D eigenvalue weighted by atomic mass is 9.93. The molecule has 0 saturated carbocycles. The minimum Gasteiger partial charge on any atom is -0.294 e. The van der Waals surface area contributed by atoms with E-state index in [0.29, 0.717) is 18.4 Å². The van der Waals surface area contributed by atoms with Crippen LogP contribution in [0.1, 0.15) is 53.0 Å². The lowest BCUT2D eigenvalue weighted by Gasteiger charge is -2.10. The number of hydrogen-bond acceptors (Lipinski definition) is 2. The summed E-state index contributed by atoms with van der Waals surface area (Å²) in [6.07, 6.45) is 1.78. The molecule has 1 atom stereocenters. The van der Waals surface area contributed by atoms with Crippen molar-refractivity contribution < 1.29 is 9.59 Å². The van der Waals surface area contributed by atoms with Crippen molar-refractivity contribution in [3.8, 4) is 0 Å². The summed E-state index contributed by atoms with van der Waals surface area (Å²) < 4.78 is 0. The van der Waals surface area contributed by atoms with Gasteiger partial charge in [0.15, 0.2) is 11.6 Å². The second-order valence-electron chi connectivity index (χ2n) is 5.78. The smallest absolute Gasteiger partial charge is 0.163 e. The van der Waals surface area contributed by atoms with Crippen molar-refractivity contribution in [1.82, 2.24) is 0 Å². The Bertz CT molecular complexity index is 627. The Hall–Kier alpha value is -2.22. The normalized spacial score (nSPS) is 11.9. The number of rotatable bonds is 7. The monoisotopic (exact) mass is 294 g/mol. The van der Waals surface area contributed by atoms with Gasteiger partial charge in [-0.25, -0.2) is 0 Å². The van der Waals surface area contributed by atoms with Gasteiger partial charge in [-0.1, -0.05) is 68.4 Å². The Labute approximate surface area is 132 Å². The van der Waals surface area contributed by atoms with Crippen LogP contribution < -0.4 is 0 Å². The number of aryl methyl sites for hydroxylation is 1. The van der Waals surface area contributed by atoms with Gasteiger partial charge >= 0.3 is 0 Å². The summed E-state index contributed by atoms with van der Waals surface area (Å²) in [5.74, 6) is 0.254. The van der Waals surface area contributed by atoms with Crippen molar-refractivity contribution in [3.63, 3.8) is 0 Å². The van der Waals surface area contributed by atoms with E-state index >= 15 is 0 Å². The molecule has 2 aromatic carbocycles. The first-order valence-corrected chi connectivity index (χ1v) is 7.80. The Balaban J connectivity index is 1.92. The molecule has 0 spiro atoms. The van der Waals surface area contributed by atoms with E-state index in [4.69, 9.17) is 0 Å². The van der Waals surface area contributed by atoms with Crippen LogP contribution >= 0.6 is 0 Å². The van der Waals surface area contributed by atoms with Gasteiger partial charge in [-0.3, -0.25) is 9.59 Å². The SMILES string of the molecule is CCc1ccc(C(=O)CC(C)CC(=O)c2ccccc2)cc1.